The SMILES string of the molecule is O=C(C=Cc1ccc(Cl)cc1)NCC(=O)N1CCNCC1. The van der Waals surface area contributed by atoms with Crippen molar-refractivity contribution in [1.29, 1.82) is 0 Å². The summed E-state index contributed by atoms with van der Waals surface area (Å²) in [7, 11) is 0. The third kappa shape index (κ3) is 5.21. The van der Waals surface area contributed by atoms with E-state index < -0.39 is 0 Å². The van der Waals surface area contributed by atoms with Gasteiger partial charge in [0.25, 0.3) is 0 Å². The van der Waals surface area contributed by atoms with Crippen LogP contribution >= 0.6 is 11.6 Å². The van der Waals surface area contributed by atoms with Crippen LogP contribution in [0, 0.1) is 0 Å². The molecule has 1 saturated heterocycles. The monoisotopic (exact) mass is 307 g/mol. The number of rotatable bonds is 4. The fourth-order valence-electron chi connectivity index (χ4n) is 1.99. The average Bonchev–Trinajstić information content (AvgIpc) is 2.53. The van der Waals surface area contributed by atoms with Crippen LogP contribution in [0.25, 0.3) is 6.08 Å². The molecule has 21 heavy (non-hydrogen) atoms. The lowest BCUT2D eigenvalue weighted by Gasteiger charge is -2.27. The zero-order valence-corrected chi connectivity index (χ0v) is 12.4. The predicted octanol–water partition coefficient (Wildman–Crippen LogP) is 0.901. The molecule has 6 heteroatoms. The highest BCUT2D eigenvalue weighted by Gasteiger charge is 2.15. The summed E-state index contributed by atoms with van der Waals surface area (Å²) in [6.07, 6.45) is 3.09. The van der Waals surface area contributed by atoms with Gasteiger partial charge in [0, 0.05) is 37.3 Å². The van der Waals surface area contributed by atoms with Gasteiger partial charge in [-0.1, -0.05) is 23.7 Å². The lowest BCUT2D eigenvalue weighted by Crippen LogP contribution is -2.49. The topological polar surface area (TPSA) is 61.4 Å². The molecule has 0 atom stereocenters. The van der Waals surface area contributed by atoms with Gasteiger partial charge in [-0.3, -0.25) is 9.59 Å². The van der Waals surface area contributed by atoms with E-state index in [1.54, 1.807) is 23.1 Å². The summed E-state index contributed by atoms with van der Waals surface area (Å²) in [5, 5.41) is 6.42. The lowest BCUT2D eigenvalue weighted by molar-refractivity contribution is -0.132. The molecule has 0 aromatic heterocycles. The molecule has 0 bridgehead atoms. The molecule has 1 aromatic rings. The van der Waals surface area contributed by atoms with Crippen molar-refractivity contribution in [2.24, 2.45) is 0 Å². The molecule has 1 aromatic carbocycles. The smallest absolute Gasteiger partial charge is 0.244 e. The van der Waals surface area contributed by atoms with E-state index in [1.807, 2.05) is 12.1 Å². The van der Waals surface area contributed by atoms with Crippen LogP contribution in [-0.4, -0.2) is 49.4 Å². The Hall–Kier alpha value is -1.85. The summed E-state index contributed by atoms with van der Waals surface area (Å²) < 4.78 is 0. The summed E-state index contributed by atoms with van der Waals surface area (Å²) in [5.74, 6) is -0.335. The van der Waals surface area contributed by atoms with Gasteiger partial charge >= 0.3 is 0 Å². The highest BCUT2D eigenvalue weighted by molar-refractivity contribution is 6.30. The van der Waals surface area contributed by atoms with E-state index in [2.05, 4.69) is 10.6 Å². The molecule has 1 aliphatic heterocycles. The molecule has 0 saturated carbocycles. The van der Waals surface area contributed by atoms with E-state index in [1.165, 1.54) is 6.08 Å². The van der Waals surface area contributed by atoms with Crippen LogP contribution in [0.2, 0.25) is 5.02 Å². The number of nitrogens with one attached hydrogen (secondary N) is 2. The van der Waals surface area contributed by atoms with Gasteiger partial charge in [-0.15, -0.1) is 0 Å². The van der Waals surface area contributed by atoms with Gasteiger partial charge in [-0.25, -0.2) is 0 Å². The second kappa shape index (κ2) is 7.81. The largest absolute Gasteiger partial charge is 0.343 e. The van der Waals surface area contributed by atoms with Gasteiger partial charge in [0.15, 0.2) is 0 Å². The van der Waals surface area contributed by atoms with Crippen LogP contribution in [0.15, 0.2) is 30.3 Å². The van der Waals surface area contributed by atoms with Gasteiger partial charge in [0.05, 0.1) is 6.54 Å². The van der Waals surface area contributed by atoms with Crippen molar-refractivity contribution in [3.63, 3.8) is 0 Å². The van der Waals surface area contributed by atoms with Gasteiger partial charge < -0.3 is 15.5 Å². The number of carbonyl (C=O) groups excluding carboxylic acids is 2. The molecule has 0 aliphatic carbocycles. The number of piperazine rings is 1. The zero-order chi connectivity index (χ0) is 15.1. The fourth-order valence-corrected chi connectivity index (χ4v) is 2.12. The lowest BCUT2D eigenvalue weighted by atomic mass is 10.2. The Balaban J connectivity index is 1.76. The Morgan fingerprint density at radius 2 is 1.90 bits per heavy atom. The molecule has 1 aliphatic rings. The van der Waals surface area contributed by atoms with Crippen molar-refractivity contribution < 1.29 is 9.59 Å². The number of amides is 2. The third-order valence-corrected chi connectivity index (χ3v) is 3.43. The van der Waals surface area contributed by atoms with Crippen molar-refractivity contribution in [2.75, 3.05) is 32.7 Å². The Kier molecular flexibility index (Phi) is 5.78. The Bertz CT molecular complexity index is 522. The van der Waals surface area contributed by atoms with E-state index in [9.17, 15) is 9.59 Å². The van der Waals surface area contributed by atoms with Crippen LogP contribution < -0.4 is 10.6 Å². The van der Waals surface area contributed by atoms with E-state index in [-0.39, 0.29) is 18.4 Å². The Morgan fingerprint density at radius 3 is 2.57 bits per heavy atom. The molecular formula is C15H18ClN3O2. The highest BCUT2D eigenvalue weighted by atomic mass is 35.5. The number of nitrogens with zero attached hydrogens (tertiary/aromatic N) is 1. The Morgan fingerprint density at radius 1 is 1.24 bits per heavy atom. The van der Waals surface area contributed by atoms with Crippen molar-refractivity contribution in [3.8, 4) is 0 Å². The minimum absolute atomic E-state index is 0.0315. The first-order valence-corrected chi connectivity index (χ1v) is 7.23. The molecule has 0 unspecified atom stereocenters. The average molecular weight is 308 g/mol. The van der Waals surface area contributed by atoms with Crippen molar-refractivity contribution in [3.05, 3.63) is 40.9 Å². The summed E-state index contributed by atoms with van der Waals surface area (Å²) in [6.45, 7) is 3.01. The van der Waals surface area contributed by atoms with E-state index in [4.69, 9.17) is 11.6 Å². The second-order valence-corrected chi connectivity index (χ2v) is 5.17. The van der Waals surface area contributed by atoms with E-state index in [0.29, 0.717) is 18.1 Å². The molecule has 1 fully saturated rings. The molecule has 2 rings (SSSR count). The number of hydrogen-bond acceptors (Lipinski definition) is 3. The van der Waals surface area contributed by atoms with Crippen LogP contribution in [0.5, 0.6) is 0 Å². The van der Waals surface area contributed by atoms with Crippen LogP contribution in [-0.2, 0) is 9.59 Å². The minimum atomic E-state index is -0.284. The summed E-state index contributed by atoms with van der Waals surface area (Å²) in [5.41, 5.74) is 0.878. The van der Waals surface area contributed by atoms with Crippen molar-refractivity contribution in [1.82, 2.24) is 15.5 Å². The standard InChI is InChI=1S/C15H18ClN3O2/c16-13-4-1-12(2-5-13)3-6-14(20)18-11-15(21)19-9-7-17-8-10-19/h1-6,17H,7-11H2,(H,18,20). The molecule has 5 nitrogen and oxygen atoms in total. The van der Waals surface area contributed by atoms with Gasteiger partial charge in [0.1, 0.15) is 0 Å². The van der Waals surface area contributed by atoms with Crippen LogP contribution in [0.4, 0.5) is 0 Å². The highest BCUT2D eigenvalue weighted by Crippen LogP contribution is 2.10. The molecule has 2 N–H and O–H groups in total. The van der Waals surface area contributed by atoms with Crippen molar-refractivity contribution in [2.45, 2.75) is 0 Å². The summed E-state index contributed by atoms with van der Waals surface area (Å²) in [6, 6.07) is 7.15. The van der Waals surface area contributed by atoms with Crippen molar-refractivity contribution >= 4 is 29.5 Å². The first-order chi connectivity index (χ1) is 10.1. The van der Waals surface area contributed by atoms with E-state index >= 15 is 0 Å². The summed E-state index contributed by atoms with van der Waals surface area (Å²) in [4.78, 5) is 25.3. The first-order valence-electron chi connectivity index (χ1n) is 6.85. The van der Waals surface area contributed by atoms with E-state index in [0.717, 1.165) is 18.7 Å². The number of benzene rings is 1. The number of carbonyl (C=O) groups is 2. The maximum atomic E-state index is 11.9. The molecular weight excluding hydrogens is 290 g/mol. The van der Waals surface area contributed by atoms with Gasteiger partial charge in [0.2, 0.25) is 11.8 Å². The fraction of sp³-hybridized carbons (Fsp3) is 0.333. The summed E-state index contributed by atoms with van der Waals surface area (Å²) >= 11 is 5.78. The Labute approximate surface area is 129 Å². The normalized spacial score (nSPS) is 15.2. The predicted molar refractivity (Wildman–Crippen MR) is 82.9 cm³/mol. The zero-order valence-electron chi connectivity index (χ0n) is 11.6. The number of hydrogen-bond donors (Lipinski definition) is 2. The van der Waals surface area contributed by atoms with Crippen LogP contribution in [0.1, 0.15) is 5.56 Å². The third-order valence-electron chi connectivity index (χ3n) is 3.18. The molecule has 0 radical (unpaired) electrons. The van der Waals surface area contributed by atoms with Gasteiger partial charge in [-0.2, -0.15) is 0 Å². The number of halogens is 1. The first kappa shape index (κ1) is 15.5. The molecule has 1 heterocycles. The maximum absolute atomic E-state index is 11.9. The van der Waals surface area contributed by atoms with Gasteiger partial charge in [-0.05, 0) is 23.8 Å². The molecule has 2 amide bonds. The molecule has 112 valence electrons. The minimum Gasteiger partial charge on any atom is -0.343 e. The maximum Gasteiger partial charge on any atom is 0.244 e. The quantitative estimate of drug-likeness (QED) is 0.813. The molecule has 0 spiro atoms. The van der Waals surface area contributed by atoms with Crippen LogP contribution in [0.3, 0.4) is 0 Å². The second-order valence-electron chi connectivity index (χ2n) is 4.73.